The van der Waals surface area contributed by atoms with Crippen LogP contribution in [0.25, 0.3) is 0 Å². The Kier molecular flexibility index (Phi) is 3.72. The van der Waals surface area contributed by atoms with Gasteiger partial charge in [0.05, 0.1) is 4.90 Å². The lowest BCUT2D eigenvalue weighted by atomic mass is 10.00. The molecule has 5 nitrogen and oxygen atoms in total. The van der Waals surface area contributed by atoms with Gasteiger partial charge in [0.15, 0.2) is 11.5 Å². The Morgan fingerprint density at radius 3 is 2.31 bits per heavy atom. The van der Waals surface area contributed by atoms with Crippen molar-refractivity contribution < 1.29 is 17.9 Å². The van der Waals surface area contributed by atoms with Crippen molar-refractivity contribution in [3.8, 4) is 11.5 Å². The van der Waals surface area contributed by atoms with Crippen molar-refractivity contribution in [2.45, 2.75) is 37.1 Å². The fourth-order valence-electron chi connectivity index (χ4n) is 4.13. The van der Waals surface area contributed by atoms with Gasteiger partial charge < -0.3 is 9.47 Å². The highest BCUT2D eigenvalue weighted by Gasteiger charge is 2.30. The molecule has 2 aliphatic heterocycles. The summed E-state index contributed by atoms with van der Waals surface area (Å²) >= 11 is 0. The van der Waals surface area contributed by atoms with E-state index in [0.717, 1.165) is 36.1 Å². The number of nitrogens with zero attached hydrogens (tertiary/aromatic N) is 1. The number of rotatable bonds is 2. The van der Waals surface area contributed by atoms with Crippen molar-refractivity contribution >= 4 is 10.0 Å². The molecule has 0 bridgehead atoms. The Bertz CT molecular complexity index is 984. The fraction of sp³-hybridized carbons (Fsp3) is 0.400. The summed E-state index contributed by atoms with van der Waals surface area (Å²) in [5.41, 5.74) is 4.62. The molecule has 2 aromatic carbocycles. The van der Waals surface area contributed by atoms with Gasteiger partial charge in [-0.1, -0.05) is 6.07 Å². The van der Waals surface area contributed by atoms with Crippen LogP contribution in [-0.4, -0.2) is 32.5 Å². The maximum Gasteiger partial charge on any atom is 0.243 e. The predicted octanol–water partition coefficient (Wildman–Crippen LogP) is 2.69. The van der Waals surface area contributed by atoms with Gasteiger partial charge in [0.25, 0.3) is 0 Å². The van der Waals surface area contributed by atoms with Gasteiger partial charge in [0.2, 0.25) is 10.0 Å². The molecule has 0 unspecified atom stereocenters. The average Bonchev–Trinajstić information content (AvgIpc) is 3.13. The first-order valence-electron chi connectivity index (χ1n) is 9.15. The van der Waals surface area contributed by atoms with Crippen LogP contribution in [0.2, 0.25) is 0 Å². The van der Waals surface area contributed by atoms with Gasteiger partial charge in [-0.2, -0.15) is 4.31 Å². The molecular weight excluding hydrogens is 350 g/mol. The van der Waals surface area contributed by atoms with E-state index >= 15 is 0 Å². The molecule has 1 aliphatic carbocycles. The van der Waals surface area contributed by atoms with E-state index in [9.17, 15) is 8.42 Å². The van der Waals surface area contributed by atoms with Gasteiger partial charge in [0, 0.05) is 13.1 Å². The van der Waals surface area contributed by atoms with Crippen LogP contribution >= 0.6 is 0 Å². The Balaban J connectivity index is 1.46. The normalized spacial score (nSPS) is 19.1. The summed E-state index contributed by atoms with van der Waals surface area (Å²) in [6.45, 7) is 1.96. The molecule has 26 heavy (non-hydrogen) atoms. The van der Waals surface area contributed by atoms with E-state index < -0.39 is 10.0 Å². The van der Waals surface area contributed by atoms with E-state index in [-0.39, 0.29) is 0 Å². The first-order valence-corrected chi connectivity index (χ1v) is 10.6. The van der Waals surface area contributed by atoms with Crippen molar-refractivity contribution in [1.82, 2.24) is 4.31 Å². The number of sulfonamides is 1. The Morgan fingerprint density at radius 1 is 0.808 bits per heavy atom. The maximum absolute atomic E-state index is 13.2. The van der Waals surface area contributed by atoms with E-state index in [0.29, 0.717) is 43.4 Å². The van der Waals surface area contributed by atoms with E-state index in [4.69, 9.17) is 9.47 Å². The van der Waals surface area contributed by atoms with Crippen molar-refractivity contribution in [1.29, 1.82) is 0 Å². The van der Waals surface area contributed by atoms with E-state index in [1.807, 2.05) is 24.3 Å². The third-order valence-electron chi connectivity index (χ3n) is 5.55. The SMILES string of the molecule is O=S(=O)(c1ccc2c(c1)CCC2)N1CCc2cc3c(cc2C1)OCCO3. The molecule has 0 saturated carbocycles. The Morgan fingerprint density at radius 2 is 1.50 bits per heavy atom. The molecule has 0 spiro atoms. The number of hydrogen-bond acceptors (Lipinski definition) is 4. The summed E-state index contributed by atoms with van der Waals surface area (Å²) in [7, 11) is -3.49. The molecule has 0 radical (unpaired) electrons. The molecule has 0 aromatic heterocycles. The van der Waals surface area contributed by atoms with Crippen LogP contribution in [0.1, 0.15) is 28.7 Å². The lowest BCUT2D eigenvalue weighted by Gasteiger charge is -2.30. The summed E-state index contributed by atoms with van der Waals surface area (Å²) in [5.74, 6) is 1.48. The zero-order valence-electron chi connectivity index (χ0n) is 14.5. The zero-order valence-corrected chi connectivity index (χ0v) is 15.3. The maximum atomic E-state index is 13.2. The largest absolute Gasteiger partial charge is 0.486 e. The fourth-order valence-corrected chi connectivity index (χ4v) is 5.60. The Labute approximate surface area is 153 Å². The number of ether oxygens (including phenoxy) is 2. The third kappa shape index (κ3) is 2.59. The molecule has 2 heterocycles. The third-order valence-corrected chi connectivity index (χ3v) is 7.39. The molecule has 0 N–H and O–H groups in total. The van der Waals surface area contributed by atoms with Gasteiger partial charge in [-0.05, 0) is 72.2 Å². The lowest BCUT2D eigenvalue weighted by molar-refractivity contribution is 0.171. The van der Waals surface area contributed by atoms with Crippen LogP contribution in [0.5, 0.6) is 11.5 Å². The lowest BCUT2D eigenvalue weighted by Crippen LogP contribution is -2.36. The second-order valence-corrected chi connectivity index (χ2v) is 9.08. The highest BCUT2D eigenvalue weighted by atomic mass is 32.2. The molecule has 0 fully saturated rings. The smallest absolute Gasteiger partial charge is 0.243 e. The average molecular weight is 371 g/mol. The molecule has 3 aliphatic rings. The highest BCUT2D eigenvalue weighted by molar-refractivity contribution is 7.89. The van der Waals surface area contributed by atoms with Gasteiger partial charge in [-0.15, -0.1) is 0 Å². The molecule has 6 heteroatoms. The van der Waals surface area contributed by atoms with Crippen LogP contribution in [0.4, 0.5) is 0 Å². The summed E-state index contributed by atoms with van der Waals surface area (Å²) < 4.78 is 39.2. The summed E-state index contributed by atoms with van der Waals surface area (Å²) in [4.78, 5) is 0.416. The van der Waals surface area contributed by atoms with E-state index in [1.165, 1.54) is 11.1 Å². The quantitative estimate of drug-likeness (QED) is 0.815. The molecule has 0 saturated heterocycles. The van der Waals surface area contributed by atoms with Gasteiger partial charge >= 0.3 is 0 Å². The first kappa shape index (κ1) is 16.1. The molecule has 5 rings (SSSR count). The molecule has 0 atom stereocenters. The summed E-state index contributed by atoms with van der Waals surface area (Å²) in [6.07, 6.45) is 3.84. The van der Waals surface area contributed by atoms with Crippen LogP contribution in [0.15, 0.2) is 35.2 Å². The van der Waals surface area contributed by atoms with Gasteiger partial charge in [-0.25, -0.2) is 8.42 Å². The molecule has 136 valence electrons. The topological polar surface area (TPSA) is 55.8 Å². The minimum absolute atomic E-state index is 0.380. The van der Waals surface area contributed by atoms with Crippen LogP contribution in [0, 0.1) is 0 Å². The Hall–Kier alpha value is -2.05. The minimum atomic E-state index is -3.49. The standard InChI is InChI=1S/C20H21NO4S/c22-26(23,18-5-4-14-2-1-3-15(14)10-18)21-7-6-16-11-19-20(12-17(16)13-21)25-9-8-24-19/h4-5,10-12H,1-3,6-9,13H2. The predicted molar refractivity (Wildman–Crippen MR) is 97.2 cm³/mol. The monoisotopic (exact) mass is 371 g/mol. The molecule has 2 aromatic rings. The second-order valence-electron chi connectivity index (χ2n) is 7.14. The molecular formula is C20H21NO4S. The van der Waals surface area contributed by atoms with E-state index in [2.05, 4.69) is 0 Å². The summed E-state index contributed by atoms with van der Waals surface area (Å²) in [5, 5.41) is 0. The minimum Gasteiger partial charge on any atom is -0.486 e. The number of hydrogen-bond donors (Lipinski definition) is 0. The van der Waals surface area contributed by atoms with Crippen molar-refractivity contribution in [3.05, 3.63) is 52.6 Å². The highest BCUT2D eigenvalue weighted by Crippen LogP contribution is 2.36. The first-order chi connectivity index (χ1) is 12.6. The number of benzene rings is 2. The second kappa shape index (κ2) is 5.99. The van der Waals surface area contributed by atoms with Gasteiger partial charge in [0.1, 0.15) is 13.2 Å². The van der Waals surface area contributed by atoms with Gasteiger partial charge in [-0.3, -0.25) is 0 Å². The summed E-state index contributed by atoms with van der Waals surface area (Å²) in [6, 6.07) is 9.56. The van der Waals surface area contributed by atoms with Crippen molar-refractivity contribution in [3.63, 3.8) is 0 Å². The van der Waals surface area contributed by atoms with Crippen molar-refractivity contribution in [2.24, 2.45) is 0 Å². The van der Waals surface area contributed by atoms with Crippen LogP contribution in [-0.2, 0) is 35.8 Å². The van der Waals surface area contributed by atoms with E-state index in [1.54, 1.807) is 10.4 Å². The number of fused-ring (bicyclic) bond motifs is 3. The van der Waals surface area contributed by atoms with Crippen LogP contribution < -0.4 is 9.47 Å². The molecule has 0 amide bonds. The van der Waals surface area contributed by atoms with Crippen LogP contribution in [0.3, 0.4) is 0 Å². The zero-order chi connectivity index (χ0) is 17.7. The van der Waals surface area contributed by atoms with Crippen molar-refractivity contribution in [2.75, 3.05) is 19.8 Å². The number of aryl methyl sites for hydroxylation is 2.